The lowest BCUT2D eigenvalue weighted by Crippen LogP contribution is -2.16. The average molecular weight is 299 g/mol. The predicted octanol–water partition coefficient (Wildman–Crippen LogP) is 3.23. The van der Waals surface area contributed by atoms with Gasteiger partial charge in [-0.1, -0.05) is 34.1 Å². The third-order valence-electron chi connectivity index (χ3n) is 2.87. The van der Waals surface area contributed by atoms with Crippen molar-refractivity contribution < 1.29 is 14.3 Å². The molecule has 1 aliphatic heterocycles. The van der Waals surface area contributed by atoms with E-state index in [4.69, 9.17) is 9.47 Å². The summed E-state index contributed by atoms with van der Waals surface area (Å²) in [4.78, 5) is 11.4. The minimum absolute atomic E-state index is 0.0255. The van der Waals surface area contributed by atoms with Gasteiger partial charge in [0.1, 0.15) is 11.7 Å². The van der Waals surface area contributed by atoms with Crippen molar-refractivity contribution >= 4 is 21.9 Å². The van der Waals surface area contributed by atoms with Crippen LogP contribution < -0.4 is 0 Å². The van der Waals surface area contributed by atoms with Crippen LogP contribution in [0.1, 0.15) is 31.9 Å². The minimum Gasteiger partial charge on any atom is -0.466 e. The van der Waals surface area contributed by atoms with Crippen molar-refractivity contribution in [2.24, 2.45) is 0 Å². The van der Waals surface area contributed by atoms with Gasteiger partial charge in [-0.05, 0) is 25.5 Å². The van der Waals surface area contributed by atoms with Gasteiger partial charge in [-0.2, -0.15) is 0 Å². The van der Waals surface area contributed by atoms with Crippen molar-refractivity contribution in [3.05, 3.63) is 34.3 Å². The van der Waals surface area contributed by atoms with Gasteiger partial charge in [0, 0.05) is 4.47 Å². The van der Waals surface area contributed by atoms with Crippen molar-refractivity contribution in [1.29, 1.82) is 0 Å². The monoisotopic (exact) mass is 298 g/mol. The molecule has 1 aromatic carbocycles. The molecule has 0 aromatic heterocycles. The fourth-order valence-corrected chi connectivity index (χ4v) is 2.44. The van der Waals surface area contributed by atoms with Gasteiger partial charge in [0.25, 0.3) is 0 Å². The number of esters is 1. The van der Waals surface area contributed by atoms with Gasteiger partial charge in [0.05, 0.1) is 13.0 Å². The van der Waals surface area contributed by atoms with Crippen molar-refractivity contribution in [3.8, 4) is 0 Å². The van der Waals surface area contributed by atoms with E-state index in [0.29, 0.717) is 13.0 Å². The highest BCUT2D eigenvalue weighted by Gasteiger charge is 2.55. The van der Waals surface area contributed by atoms with Gasteiger partial charge >= 0.3 is 5.97 Å². The Hall–Kier alpha value is -0.870. The molecular formula is C13H15BrO3. The summed E-state index contributed by atoms with van der Waals surface area (Å²) >= 11 is 3.49. The van der Waals surface area contributed by atoms with Gasteiger partial charge < -0.3 is 9.47 Å². The lowest BCUT2D eigenvalue weighted by Gasteiger charge is -2.06. The Bertz CT molecular complexity index is 432. The predicted molar refractivity (Wildman–Crippen MR) is 67.6 cm³/mol. The van der Waals surface area contributed by atoms with Crippen LogP contribution in [-0.2, 0) is 14.3 Å². The maximum atomic E-state index is 11.4. The van der Waals surface area contributed by atoms with E-state index in [2.05, 4.69) is 15.9 Å². The molecule has 17 heavy (non-hydrogen) atoms. The molecule has 4 heteroatoms. The number of hydrogen-bond donors (Lipinski definition) is 0. The normalized spacial score (nSPS) is 26.6. The van der Waals surface area contributed by atoms with Crippen LogP contribution in [0, 0.1) is 0 Å². The number of epoxide rings is 1. The Labute approximate surface area is 109 Å². The van der Waals surface area contributed by atoms with E-state index in [0.717, 1.165) is 10.0 Å². The standard InChI is InChI=1S/C13H15BrO3/c1-3-16-11(15)8-13(2)12(17-13)9-6-4-5-7-10(9)14/h4-7,12H,3,8H2,1-2H3. The highest BCUT2D eigenvalue weighted by Crippen LogP contribution is 2.53. The molecule has 92 valence electrons. The number of benzene rings is 1. The van der Waals surface area contributed by atoms with Gasteiger partial charge in [0.15, 0.2) is 0 Å². The van der Waals surface area contributed by atoms with E-state index in [1.807, 2.05) is 31.2 Å². The molecule has 3 nitrogen and oxygen atoms in total. The first-order valence-electron chi connectivity index (χ1n) is 5.64. The highest BCUT2D eigenvalue weighted by molar-refractivity contribution is 9.10. The molecule has 0 N–H and O–H groups in total. The Morgan fingerprint density at radius 1 is 1.53 bits per heavy atom. The van der Waals surface area contributed by atoms with Crippen molar-refractivity contribution in [3.63, 3.8) is 0 Å². The summed E-state index contributed by atoms with van der Waals surface area (Å²) in [6, 6.07) is 7.90. The number of carbonyl (C=O) groups excluding carboxylic acids is 1. The molecule has 2 unspecified atom stereocenters. The van der Waals surface area contributed by atoms with E-state index in [1.165, 1.54) is 0 Å². The third kappa shape index (κ3) is 2.69. The Morgan fingerprint density at radius 2 is 2.24 bits per heavy atom. The summed E-state index contributed by atoms with van der Waals surface area (Å²) < 4.78 is 11.6. The second-order valence-corrected chi connectivity index (χ2v) is 5.17. The van der Waals surface area contributed by atoms with Crippen LogP contribution in [0.25, 0.3) is 0 Å². The van der Waals surface area contributed by atoms with Crippen LogP contribution in [0.5, 0.6) is 0 Å². The zero-order valence-electron chi connectivity index (χ0n) is 9.90. The van der Waals surface area contributed by atoms with Gasteiger partial charge in [-0.25, -0.2) is 0 Å². The third-order valence-corrected chi connectivity index (χ3v) is 3.60. The first-order valence-corrected chi connectivity index (χ1v) is 6.44. The molecule has 0 radical (unpaired) electrons. The number of rotatable bonds is 4. The summed E-state index contributed by atoms with van der Waals surface area (Å²) in [5.74, 6) is -0.204. The number of hydrogen-bond acceptors (Lipinski definition) is 3. The zero-order chi connectivity index (χ0) is 12.5. The van der Waals surface area contributed by atoms with Crippen LogP contribution in [0.2, 0.25) is 0 Å². The second kappa shape index (κ2) is 4.78. The van der Waals surface area contributed by atoms with Crippen molar-refractivity contribution in [1.82, 2.24) is 0 Å². The van der Waals surface area contributed by atoms with Crippen LogP contribution >= 0.6 is 15.9 Å². The SMILES string of the molecule is CCOC(=O)CC1(C)OC1c1ccccc1Br. The van der Waals surface area contributed by atoms with E-state index >= 15 is 0 Å². The molecule has 0 aliphatic carbocycles. The van der Waals surface area contributed by atoms with Gasteiger partial charge in [-0.15, -0.1) is 0 Å². The second-order valence-electron chi connectivity index (χ2n) is 4.31. The van der Waals surface area contributed by atoms with Gasteiger partial charge in [0.2, 0.25) is 0 Å². The average Bonchev–Trinajstić information content (AvgIpc) is 2.90. The first-order chi connectivity index (χ1) is 8.07. The molecule has 0 saturated carbocycles. The summed E-state index contributed by atoms with van der Waals surface area (Å²) in [6.45, 7) is 4.15. The molecule has 0 bridgehead atoms. The van der Waals surface area contributed by atoms with Crippen LogP contribution in [0.15, 0.2) is 28.7 Å². The summed E-state index contributed by atoms with van der Waals surface area (Å²) in [5, 5.41) is 0. The topological polar surface area (TPSA) is 38.8 Å². The van der Waals surface area contributed by atoms with E-state index in [1.54, 1.807) is 6.92 Å². The summed E-state index contributed by atoms with van der Waals surface area (Å²) in [6.07, 6.45) is 0.273. The molecule has 2 rings (SSSR count). The molecule has 1 heterocycles. The van der Waals surface area contributed by atoms with Crippen LogP contribution in [0.4, 0.5) is 0 Å². The molecule has 1 aliphatic rings. The fraction of sp³-hybridized carbons (Fsp3) is 0.462. The minimum atomic E-state index is -0.421. The van der Waals surface area contributed by atoms with E-state index in [9.17, 15) is 4.79 Å². The van der Waals surface area contributed by atoms with Crippen molar-refractivity contribution in [2.75, 3.05) is 6.61 Å². The molecule has 1 fully saturated rings. The van der Waals surface area contributed by atoms with E-state index < -0.39 is 5.60 Å². The molecule has 1 aromatic rings. The summed E-state index contributed by atoms with van der Waals surface area (Å²) in [7, 11) is 0. The van der Waals surface area contributed by atoms with Crippen molar-refractivity contribution in [2.45, 2.75) is 32.0 Å². The lowest BCUT2D eigenvalue weighted by molar-refractivity contribution is -0.144. The zero-order valence-corrected chi connectivity index (χ0v) is 11.5. The highest BCUT2D eigenvalue weighted by atomic mass is 79.9. The van der Waals surface area contributed by atoms with E-state index in [-0.39, 0.29) is 12.1 Å². The largest absolute Gasteiger partial charge is 0.466 e. The van der Waals surface area contributed by atoms with Crippen LogP contribution in [0.3, 0.4) is 0 Å². The van der Waals surface area contributed by atoms with Crippen LogP contribution in [-0.4, -0.2) is 18.2 Å². The Kier molecular flexibility index (Phi) is 3.54. The fourth-order valence-electron chi connectivity index (χ4n) is 1.95. The molecule has 1 saturated heterocycles. The number of ether oxygens (including phenoxy) is 2. The number of carbonyl (C=O) groups is 1. The first kappa shape index (κ1) is 12.6. The molecule has 2 atom stereocenters. The number of halogens is 1. The smallest absolute Gasteiger partial charge is 0.308 e. The lowest BCUT2D eigenvalue weighted by atomic mass is 9.98. The molecular weight excluding hydrogens is 284 g/mol. The molecule has 0 spiro atoms. The quantitative estimate of drug-likeness (QED) is 0.633. The Balaban J connectivity index is 2.04. The maximum Gasteiger partial charge on any atom is 0.308 e. The maximum absolute atomic E-state index is 11.4. The Morgan fingerprint density at radius 3 is 2.88 bits per heavy atom. The van der Waals surface area contributed by atoms with Gasteiger partial charge in [-0.3, -0.25) is 4.79 Å². The molecule has 0 amide bonds. The summed E-state index contributed by atoms with van der Waals surface area (Å²) in [5.41, 5.74) is 0.662.